The molecular weight excluding hydrogens is 424 g/mol. The van der Waals surface area contributed by atoms with Gasteiger partial charge in [0.2, 0.25) is 5.78 Å². The number of aryl methyl sites for hydroxylation is 2. The monoisotopic (exact) mass is 448 g/mol. The molecule has 4 aromatic rings. The smallest absolute Gasteiger partial charge is 0.231 e. The van der Waals surface area contributed by atoms with Crippen LogP contribution in [0.2, 0.25) is 0 Å². The second-order valence-corrected chi connectivity index (χ2v) is 9.04. The normalized spacial score (nSPS) is 17.4. The molecule has 3 aromatic carbocycles. The van der Waals surface area contributed by atoms with Gasteiger partial charge in [-0.25, -0.2) is 4.68 Å². The summed E-state index contributed by atoms with van der Waals surface area (Å²) in [6.45, 7) is 6.10. The van der Waals surface area contributed by atoms with Crippen LogP contribution in [-0.4, -0.2) is 21.7 Å². The SMILES string of the molecule is Cc1cc2c(cc1C)C(=O)/C(=C/c1cn(-c3ccccc3)nc1-c1ccc3c(c1)CC(C)O3)O2. The van der Waals surface area contributed by atoms with E-state index in [4.69, 9.17) is 14.6 Å². The van der Waals surface area contributed by atoms with E-state index < -0.39 is 0 Å². The summed E-state index contributed by atoms with van der Waals surface area (Å²) in [5, 5.41) is 4.90. The average molecular weight is 449 g/mol. The molecule has 0 saturated carbocycles. The summed E-state index contributed by atoms with van der Waals surface area (Å²) >= 11 is 0. The van der Waals surface area contributed by atoms with Crippen LogP contribution in [0.1, 0.15) is 39.5 Å². The Kier molecular flexibility index (Phi) is 4.66. The Morgan fingerprint density at radius 3 is 2.62 bits per heavy atom. The van der Waals surface area contributed by atoms with Crippen molar-refractivity contribution in [3.8, 4) is 28.4 Å². The van der Waals surface area contributed by atoms with E-state index in [1.54, 1.807) is 6.08 Å². The number of ketones is 1. The average Bonchev–Trinajstić information content (AvgIpc) is 3.50. The van der Waals surface area contributed by atoms with Crippen molar-refractivity contribution in [2.75, 3.05) is 0 Å². The van der Waals surface area contributed by atoms with E-state index in [-0.39, 0.29) is 11.9 Å². The summed E-state index contributed by atoms with van der Waals surface area (Å²) in [6.07, 6.45) is 4.79. The topological polar surface area (TPSA) is 53.4 Å². The van der Waals surface area contributed by atoms with Crippen LogP contribution in [-0.2, 0) is 6.42 Å². The number of para-hydroxylation sites is 1. The van der Waals surface area contributed by atoms with Crippen LogP contribution in [0, 0.1) is 13.8 Å². The number of carbonyl (C=O) groups excluding carboxylic acids is 1. The molecule has 2 aliphatic heterocycles. The Hall–Kier alpha value is -4.12. The molecule has 1 unspecified atom stereocenters. The van der Waals surface area contributed by atoms with Crippen LogP contribution in [0.25, 0.3) is 23.0 Å². The maximum absolute atomic E-state index is 13.1. The fourth-order valence-corrected chi connectivity index (χ4v) is 4.58. The van der Waals surface area contributed by atoms with Gasteiger partial charge in [0.25, 0.3) is 0 Å². The number of fused-ring (bicyclic) bond motifs is 2. The third-order valence-electron chi connectivity index (χ3n) is 6.50. The van der Waals surface area contributed by atoms with Gasteiger partial charge >= 0.3 is 0 Å². The minimum Gasteiger partial charge on any atom is -0.490 e. The van der Waals surface area contributed by atoms with Crippen molar-refractivity contribution in [1.82, 2.24) is 9.78 Å². The van der Waals surface area contributed by atoms with Crippen molar-refractivity contribution in [2.24, 2.45) is 0 Å². The van der Waals surface area contributed by atoms with Gasteiger partial charge in [-0.05, 0) is 86.0 Å². The summed E-state index contributed by atoms with van der Waals surface area (Å²) < 4.78 is 13.7. The van der Waals surface area contributed by atoms with Gasteiger partial charge in [-0.3, -0.25) is 4.79 Å². The van der Waals surface area contributed by atoms with Crippen molar-refractivity contribution in [3.05, 3.63) is 100 Å². The van der Waals surface area contributed by atoms with E-state index >= 15 is 0 Å². The summed E-state index contributed by atoms with van der Waals surface area (Å²) in [6, 6.07) is 19.9. The first-order valence-electron chi connectivity index (χ1n) is 11.5. The van der Waals surface area contributed by atoms with Crippen LogP contribution >= 0.6 is 0 Å². The maximum Gasteiger partial charge on any atom is 0.231 e. The first-order valence-corrected chi connectivity index (χ1v) is 11.5. The molecule has 0 amide bonds. The quantitative estimate of drug-likeness (QED) is 0.356. The highest BCUT2D eigenvalue weighted by atomic mass is 16.5. The molecular formula is C29H24N2O3. The maximum atomic E-state index is 13.1. The highest BCUT2D eigenvalue weighted by molar-refractivity contribution is 6.14. The lowest BCUT2D eigenvalue weighted by atomic mass is 10.0. The van der Waals surface area contributed by atoms with Gasteiger partial charge in [-0.2, -0.15) is 5.10 Å². The van der Waals surface area contributed by atoms with Crippen LogP contribution in [0.4, 0.5) is 0 Å². The van der Waals surface area contributed by atoms with Crippen LogP contribution in [0.15, 0.2) is 72.6 Å². The number of hydrogen-bond donors (Lipinski definition) is 0. The van der Waals surface area contributed by atoms with E-state index in [1.807, 2.05) is 79.3 Å². The second-order valence-electron chi connectivity index (χ2n) is 9.04. The number of ether oxygens (including phenoxy) is 2. The largest absolute Gasteiger partial charge is 0.490 e. The number of Topliss-reactive ketones (excluding diaryl/α,β-unsaturated/α-hetero) is 1. The molecule has 168 valence electrons. The molecule has 3 heterocycles. The zero-order valence-electron chi connectivity index (χ0n) is 19.3. The molecule has 0 aliphatic carbocycles. The third kappa shape index (κ3) is 3.41. The van der Waals surface area contributed by atoms with E-state index in [1.165, 1.54) is 5.56 Å². The van der Waals surface area contributed by atoms with Crippen LogP contribution in [0.3, 0.4) is 0 Å². The van der Waals surface area contributed by atoms with Gasteiger partial charge in [-0.15, -0.1) is 0 Å². The standard InChI is InChI=1S/C29H24N2O3/c1-17-11-24-26(12-18(17)2)34-27(29(24)32)15-22-16-31(23-7-5-4-6-8-23)30-28(22)20-9-10-25-21(14-20)13-19(3)33-25/h4-12,14-16,19H,13H2,1-3H3/b27-15-. The lowest BCUT2D eigenvalue weighted by Gasteiger charge is -2.04. The zero-order valence-corrected chi connectivity index (χ0v) is 19.3. The summed E-state index contributed by atoms with van der Waals surface area (Å²) in [5.41, 5.74) is 7.48. The molecule has 5 heteroatoms. The molecule has 1 aromatic heterocycles. The van der Waals surface area contributed by atoms with Crippen LogP contribution in [0.5, 0.6) is 11.5 Å². The Balaban J connectivity index is 1.46. The van der Waals surface area contributed by atoms with Crippen molar-refractivity contribution >= 4 is 11.9 Å². The number of allylic oxidation sites excluding steroid dienone is 1. The van der Waals surface area contributed by atoms with E-state index in [9.17, 15) is 4.79 Å². The third-order valence-corrected chi connectivity index (χ3v) is 6.50. The predicted octanol–water partition coefficient (Wildman–Crippen LogP) is 6.10. The fraction of sp³-hybridized carbons (Fsp3) is 0.172. The number of benzene rings is 3. The predicted molar refractivity (Wildman–Crippen MR) is 132 cm³/mol. The minimum atomic E-state index is -0.104. The molecule has 0 N–H and O–H groups in total. The summed E-state index contributed by atoms with van der Waals surface area (Å²) in [7, 11) is 0. The van der Waals surface area contributed by atoms with Gasteiger partial charge in [0.05, 0.1) is 11.3 Å². The molecule has 0 bridgehead atoms. The van der Waals surface area contributed by atoms with Gasteiger partial charge in [0.1, 0.15) is 23.3 Å². The van der Waals surface area contributed by atoms with Crippen molar-refractivity contribution in [1.29, 1.82) is 0 Å². The Labute approximate surface area is 198 Å². The number of rotatable bonds is 3. The van der Waals surface area contributed by atoms with Gasteiger partial charge in [-0.1, -0.05) is 18.2 Å². The minimum absolute atomic E-state index is 0.104. The zero-order chi connectivity index (χ0) is 23.4. The summed E-state index contributed by atoms with van der Waals surface area (Å²) in [5.74, 6) is 1.74. The molecule has 2 aliphatic rings. The number of aromatic nitrogens is 2. The van der Waals surface area contributed by atoms with Gasteiger partial charge in [0.15, 0.2) is 5.76 Å². The molecule has 5 nitrogen and oxygen atoms in total. The number of nitrogens with zero attached hydrogens (tertiary/aromatic N) is 2. The van der Waals surface area contributed by atoms with Crippen molar-refractivity contribution in [2.45, 2.75) is 33.3 Å². The number of hydrogen-bond acceptors (Lipinski definition) is 4. The molecule has 0 spiro atoms. The first kappa shape index (κ1) is 20.5. The van der Waals surface area contributed by atoms with E-state index in [2.05, 4.69) is 13.0 Å². The van der Waals surface area contributed by atoms with E-state index in [0.717, 1.165) is 45.8 Å². The lowest BCUT2D eigenvalue weighted by Crippen LogP contribution is -2.05. The highest BCUT2D eigenvalue weighted by Crippen LogP contribution is 2.37. The lowest BCUT2D eigenvalue weighted by molar-refractivity contribution is 0.101. The first-order chi connectivity index (χ1) is 16.5. The van der Waals surface area contributed by atoms with Crippen molar-refractivity contribution < 1.29 is 14.3 Å². The van der Waals surface area contributed by atoms with Crippen LogP contribution < -0.4 is 9.47 Å². The molecule has 34 heavy (non-hydrogen) atoms. The fourth-order valence-electron chi connectivity index (χ4n) is 4.58. The number of carbonyl (C=O) groups is 1. The highest BCUT2D eigenvalue weighted by Gasteiger charge is 2.29. The van der Waals surface area contributed by atoms with Gasteiger partial charge < -0.3 is 9.47 Å². The van der Waals surface area contributed by atoms with Crippen molar-refractivity contribution in [3.63, 3.8) is 0 Å². The molecule has 0 saturated heterocycles. The summed E-state index contributed by atoms with van der Waals surface area (Å²) in [4.78, 5) is 13.1. The molecule has 0 radical (unpaired) electrons. The van der Waals surface area contributed by atoms with Gasteiger partial charge in [0, 0.05) is 23.7 Å². The Morgan fingerprint density at radius 1 is 1.00 bits per heavy atom. The molecule has 6 rings (SSSR count). The molecule has 0 fully saturated rings. The van der Waals surface area contributed by atoms with E-state index in [0.29, 0.717) is 17.1 Å². The Morgan fingerprint density at radius 2 is 1.79 bits per heavy atom. The molecule has 1 atom stereocenters. The Bertz CT molecular complexity index is 1480. The second kappa shape index (κ2) is 7.73.